The molecule has 4 amide bonds. The smallest absolute Gasteiger partial charge is 0.432 e. The van der Waals surface area contributed by atoms with E-state index in [9.17, 15) is 38.8 Å². The van der Waals surface area contributed by atoms with Crippen molar-refractivity contribution < 1.29 is 38.3 Å². The second-order valence-corrected chi connectivity index (χ2v) is 9.02. The SMILES string of the molecule is CC(C)OC(=O)N(C)N=O.CCON(N=O)C(=O)C(C)C.COCCN(N=O)C(=O)C(C)C.CON(N=O)C(=O)C(C)C. The van der Waals surface area contributed by atoms with Crippen molar-refractivity contribution in [3.05, 3.63) is 19.6 Å². The fraction of sp³-hybridized carbons (Fsp3) is 0.826. The number of hydrogen-bond donors (Lipinski definition) is 0. The van der Waals surface area contributed by atoms with E-state index < -0.39 is 17.9 Å². The van der Waals surface area contributed by atoms with E-state index in [2.05, 4.69) is 35.6 Å². The minimum absolute atomic E-state index is 0.209. The van der Waals surface area contributed by atoms with Crippen molar-refractivity contribution in [2.45, 2.75) is 68.4 Å². The zero-order chi connectivity index (χ0) is 34.7. The van der Waals surface area contributed by atoms with Gasteiger partial charge in [0.1, 0.15) is 0 Å². The average Bonchev–Trinajstić information content (AvgIpc) is 2.96. The van der Waals surface area contributed by atoms with Gasteiger partial charge in [0.05, 0.1) is 54.1 Å². The Morgan fingerprint density at radius 3 is 1.37 bits per heavy atom. The van der Waals surface area contributed by atoms with Crippen LogP contribution in [0.4, 0.5) is 4.79 Å². The molecule has 0 aromatic carbocycles. The minimum Gasteiger partial charge on any atom is -0.445 e. The lowest BCUT2D eigenvalue weighted by atomic mass is 10.2. The van der Waals surface area contributed by atoms with Crippen molar-refractivity contribution in [2.75, 3.05) is 41.0 Å². The summed E-state index contributed by atoms with van der Waals surface area (Å²) < 4.78 is 9.31. The van der Waals surface area contributed by atoms with E-state index in [0.29, 0.717) is 22.0 Å². The highest BCUT2D eigenvalue weighted by molar-refractivity contribution is 5.78. The van der Waals surface area contributed by atoms with Gasteiger partial charge in [-0.15, -0.1) is 19.6 Å². The van der Waals surface area contributed by atoms with Gasteiger partial charge in [-0.25, -0.2) is 9.63 Å². The van der Waals surface area contributed by atoms with Crippen LogP contribution in [0.2, 0.25) is 0 Å². The van der Waals surface area contributed by atoms with E-state index in [0.717, 1.165) is 5.01 Å². The van der Waals surface area contributed by atoms with Crippen molar-refractivity contribution in [3.8, 4) is 0 Å². The number of nitroso groups, excluding NO2 is 4. The molecule has 0 fully saturated rings. The van der Waals surface area contributed by atoms with Gasteiger partial charge < -0.3 is 9.47 Å². The molecule has 250 valence electrons. The van der Waals surface area contributed by atoms with Gasteiger partial charge in [-0.05, 0) is 20.8 Å². The number of amides is 4. The van der Waals surface area contributed by atoms with Crippen LogP contribution >= 0.6 is 0 Å². The lowest BCUT2D eigenvalue weighted by molar-refractivity contribution is -0.189. The third kappa shape index (κ3) is 24.3. The third-order valence-corrected chi connectivity index (χ3v) is 4.01. The van der Waals surface area contributed by atoms with Crippen LogP contribution in [0.25, 0.3) is 0 Å². The molecule has 0 aliphatic heterocycles. The number of ether oxygens (including phenoxy) is 2. The van der Waals surface area contributed by atoms with Gasteiger partial charge in [0, 0.05) is 31.9 Å². The van der Waals surface area contributed by atoms with Crippen molar-refractivity contribution in [1.82, 2.24) is 20.4 Å². The number of carbonyl (C=O) groups is 4. The largest absolute Gasteiger partial charge is 0.445 e. The predicted octanol–water partition coefficient (Wildman–Crippen LogP) is 3.76. The van der Waals surface area contributed by atoms with Gasteiger partial charge in [-0.1, -0.05) is 51.9 Å². The first-order valence-corrected chi connectivity index (χ1v) is 12.9. The molecule has 0 aliphatic carbocycles. The number of hydrogen-bond acceptors (Lipinski definition) is 16. The molecule has 0 atom stereocenters. The molecule has 0 aromatic heterocycles. The summed E-state index contributed by atoms with van der Waals surface area (Å²) in [5.41, 5.74) is 0. The molecule has 0 radical (unpaired) electrons. The van der Waals surface area contributed by atoms with E-state index in [-0.39, 0.29) is 42.9 Å². The predicted molar refractivity (Wildman–Crippen MR) is 153 cm³/mol. The molecule has 43 heavy (non-hydrogen) atoms. The van der Waals surface area contributed by atoms with E-state index in [1.165, 1.54) is 21.3 Å². The normalized spacial score (nSPS) is 9.67. The van der Waals surface area contributed by atoms with Gasteiger partial charge in [0.25, 0.3) is 11.8 Å². The van der Waals surface area contributed by atoms with E-state index in [1.807, 2.05) is 0 Å². The maximum atomic E-state index is 11.2. The maximum absolute atomic E-state index is 11.2. The summed E-state index contributed by atoms with van der Waals surface area (Å²) in [5, 5.41) is 12.1. The molecule has 0 saturated heterocycles. The topological polar surface area (TPSA) is 236 Å². The van der Waals surface area contributed by atoms with Crippen molar-refractivity contribution >= 4 is 23.8 Å². The molecule has 0 saturated carbocycles. The zero-order valence-corrected chi connectivity index (χ0v) is 26.9. The molecule has 0 rings (SSSR count). The first-order chi connectivity index (χ1) is 20.0. The highest BCUT2D eigenvalue weighted by Gasteiger charge is 2.19. The molecular weight excluding hydrogens is 580 g/mol. The van der Waals surface area contributed by atoms with Crippen LogP contribution in [-0.4, -0.2) is 91.3 Å². The quantitative estimate of drug-likeness (QED) is 0.198. The molecule has 0 N–H and O–H groups in total. The van der Waals surface area contributed by atoms with Gasteiger partial charge in [-0.2, -0.15) is 10.0 Å². The molecule has 0 heterocycles. The molecule has 0 aliphatic rings. The van der Waals surface area contributed by atoms with E-state index in [4.69, 9.17) is 4.74 Å². The molecule has 0 spiro atoms. The van der Waals surface area contributed by atoms with Crippen LogP contribution in [0.1, 0.15) is 62.3 Å². The van der Waals surface area contributed by atoms with Crippen LogP contribution in [0.3, 0.4) is 0 Å². The summed E-state index contributed by atoms with van der Waals surface area (Å²) in [6, 6.07) is 0. The monoisotopic (exact) mass is 626 g/mol. The lowest BCUT2D eigenvalue weighted by Crippen LogP contribution is -2.31. The Balaban J connectivity index is -0.000000236. The van der Waals surface area contributed by atoms with E-state index >= 15 is 0 Å². The fourth-order valence-corrected chi connectivity index (χ4v) is 1.83. The Labute approximate surface area is 250 Å². The number of hydroxylamine groups is 2. The van der Waals surface area contributed by atoms with Crippen LogP contribution in [0, 0.1) is 37.4 Å². The number of nitrogens with zero attached hydrogens (tertiary/aromatic N) is 8. The first kappa shape index (κ1) is 45.9. The Bertz CT molecular complexity index is 843. The molecular formula is C23H46N8O12. The van der Waals surface area contributed by atoms with Crippen LogP contribution < -0.4 is 0 Å². The molecule has 0 aromatic rings. The molecule has 0 unspecified atom stereocenters. The Morgan fingerprint density at radius 2 is 1.12 bits per heavy atom. The second kappa shape index (κ2) is 28.1. The van der Waals surface area contributed by atoms with Gasteiger partial charge in [0.2, 0.25) is 5.91 Å². The number of rotatable bonds is 14. The van der Waals surface area contributed by atoms with Crippen molar-refractivity contribution in [2.24, 2.45) is 38.9 Å². The summed E-state index contributed by atoms with van der Waals surface area (Å²) in [6.45, 7) is 15.9. The van der Waals surface area contributed by atoms with Crippen LogP contribution in [0.15, 0.2) is 21.1 Å². The zero-order valence-electron chi connectivity index (χ0n) is 26.9. The summed E-state index contributed by atoms with van der Waals surface area (Å²) in [6.07, 6.45) is -0.957. The highest BCUT2D eigenvalue weighted by Crippen LogP contribution is 2.03. The Morgan fingerprint density at radius 1 is 0.674 bits per heavy atom. The van der Waals surface area contributed by atoms with Crippen LogP contribution in [0.5, 0.6) is 0 Å². The van der Waals surface area contributed by atoms with Crippen molar-refractivity contribution in [3.63, 3.8) is 0 Å². The lowest BCUT2D eigenvalue weighted by Gasteiger charge is -2.14. The van der Waals surface area contributed by atoms with E-state index in [1.54, 1.807) is 62.3 Å². The first-order valence-electron chi connectivity index (χ1n) is 12.9. The summed E-state index contributed by atoms with van der Waals surface area (Å²) in [5.74, 6) is -1.92. The van der Waals surface area contributed by atoms with Crippen LogP contribution in [-0.2, 0) is 33.5 Å². The third-order valence-electron chi connectivity index (χ3n) is 4.01. The molecule has 0 bridgehead atoms. The Hall–Kier alpha value is -4.04. The maximum Gasteiger partial charge on any atom is 0.432 e. The fourth-order valence-electron chi connectivity index (χ4n) is 1.83. The molecule has 20 nitrogen and oxygen atoms in total. The second-order valence-electron chi connectivity index (χ2n) is 9.02. The molecule has 20 heteroatoms. The van der Waals surface area contributed by atoms with Crippen molar-refractivity contribution in [1.29, 1.82) is 0 Å². The highest BCUT2D eigenvalue weighted by atomic mass is 16.7. The Kier molecular flexibility index (Phi) is 30.0. The standard InChI is InChI=1S/C7H14N2O3.C6H12N2O3.2C5H10N2O3/c1-6(2)7(10)9(8-11)4-5-12-3;1-4-11-8(7-10)6(9)5(2)3;1-4(2)10-5(8)7(3)6-9;1-4(2)5(8)7(6-9)10-3/h6H,4-5H2,1-3H3;5H,4H2,1-3H3;2*4H,1-3H3. The average molecular weight is 627 g/mol. The number of carbonyl (C=O) groups excluding carboxylic acids is 4. The van der Waals surface area contributed by atoms with Gasteiger partial charge in [-0.3, -0.25) is 19.2 Å². The summed E-state index contributed by atoms with van der Waals surface area (Å²) in [7, 11) is 3.95. The van der Waals surface area contributed by atoms with Gasteiger partial charge in [0.15, 0.2) is 0 Å². The summed E-state index contributed by atoms with van der Waals surface area (Å²) in [4.78, 5) is 92.1. The summed E-state index contributed by atoms with van der Waals surface area (Å²) >= 11 is 0. The minimum atomic E-state index is -0.731. The number of methoxy groups -OCH3 is 1. The van der Waals surface area contributed by atoms with Gasteiger partial charge >= 0.3 is 6.09 Å².